The quantitative estimate of drug-likeness (QED) is 0.790. The zero-order valence-corrected chi connectivity index (χ0v) is 12.6. The maximum absolute atomic E-state index is 12.6. The second kappa shape index (κ2) is 5.31. The van der Waals surface area contributed by atoms with E-state index in [2.05, 4.69) is 10.3 Å². The zero-order valence-electron chi connectivity index (χ0n) is 12.6. The van der Waals surface area contributed by atoms with Crippen LogP contribution < -0.4 is 14.8 Å². The van der Waals surface area contributed by atoms with E-state index in [0.29, 0.717) is 36.1 Å². The van der Waals surface area contributed by atoms with Gasteiger partial charge < -0.3 is 19.2 Å². The fraction of sp³-hybridized carbons (Fsp3) is 0.176. The van der Waals surface area contributed by atoms with Crippen LogP contribution in [0.2, 0.25) is 0 Å². The summed E-state index contributed by atoms with van der Waals surface area (Å²) in [5.41, 5.74) is 1.83. The van der Waals surface area contributed by atoms with Gasteiger partial charge >= 0.3 is 0 Å². The highest BCUT2D eigenvalue weighted by Crippen LogP contribution is 2.32. The van der Waals surface area contributed by atoms with Gasteiger partial charge in [-0.25, -0.2) is 4.98 Å². The summed E-state index contributed by atoms with van der Waals surface area (Å²) >= 11 is 0. The number of nitrogens with zero attached hydrogens (tertiary/aromatic N) is 2. The Balaban J connectivity index is 1.64. The number of hydrogen-bond acceptors (Lipinski definition) is 4. The summed E-state index contributed by atoms with van der Waals surface area (Å²) in [5, 5.41) is 2.86. The molecule has 116 valence electrons. The SMILES string of the molecule is Cc1nc(C(=O)Nc2ccc3c(c2)OCCO3)c2ccccn12. The molecule has 2 aromatic heterocycles. The molecule has 0 saturated heterocycles. The van der Waals surface area contributed by atoms with Gasteiger partial charge in [-0.15, -0.1) is 0 Å². The molecule has 1 amide bonds. The number of amides is 1. The fourth-order valence-electron chi connectivity index (χ4n) is 2.67. The summed E-state index contributed by atoms with van der Waals surface area (Å²) < 4.78 is 12.9. The Kier molecular flexibility index (Phi) is 3.15. The molecule has 0 fully saturated rings. The van der Waals surface area contributed by atoms with Gasteiger partial charge in [0.25, 0.3) is 5.91 Å². The van der Waals surface area contributed by atoms with Gasteiger partial charge in [0.1, 0.15) is 19.0 Å². The first-order valence-corrected chi connectivity index (χ1v) is 7.37. The highest BCUT2D eigenvalue weighted by Gasteiger charge is 2.17. The second-order valence-corrected chi connectivity index (χ2v) is 5.28. The Morgan fingerprint density at radius 2 is 2.00 bits per heavy atom. The van der Waals surface area contributed by atoms with Gasteiger partial charge in [0.15, 0.2) is 17.2 Å². The summed E-state index contributed by atoms with van der Waals surface area (Å²) in [6.07, 6.45) is 1.89. The van der Waals surface area contributed by atoms with Crippen LogP contribution in [0, 0.1) is 6.92 Å². The largest absolute Gasteiger partial charge is 0.486 e. The number of carbonyl (C=O) groups excluding carboxylic acids is 1. The molecule has 6 nitrogen and oxygen atoms in total. The van der Waals surface area contributed by atoms with Crippen LogP contribution in [0.5, 0.6) is 11.5 Å². The van der Waals surface area contributed by atoms with Crippen molar-refractivity contribution in [1.82, 2.24) is 9.38 Å². The minimum Gasteiger partial charge on any atom is -0.486 e. The van der Waals surface area contributed by atoms with Gasteiger partial charge in [-0.3, -0.25) is 4.79 Å². The summed E-state index contributed by atoms with van der Waals surface area (Å²) in [6, 6.07) is 11.0. The van der Waals surface area contributed by atoms with Crippen molar-refractivity contribution in [3.8, 4) is 11.5 Å². The molecule has 23 heavy (non-hydrogen) atoms. The van der Waals surface area contributed by atoms with E-state index in [9.17, 15) is 4.79 Å². The lowest BCUT2D eigenvalue weighted by Crippen LogP contribution is -2.16. The molecule has 4 rings (SSSR count). The number of imidazole rings is 1. The predicted molar refractivity (Wildman–Crippen MR) is 85.3 cm³/mol. The molecule has 0 radical (unpaired) electrons. The summed E-state index contributed by atoms with van der Waals surface area (Å²) in [4.78, 5) is 16.9. The molecule has 0 saturated carbocycles. The van der Waals surface area contributed by atoms with Crippen molar-refractivity contribution >= 4 is 17.1 Å². The van der Waals surface area contributed by atoms with Gasteiger partial charge in [0.05, 0.1) is 5.52 Å². The molecule has 3 aromatic rings. The van der Waals surface area contributed by atoms with Crippen LogP contribution in [0.15, 0.2) is 42.6 Å². The number of ether oxygens (including phenoxy) is 2. The van der Waals surface area contributed by atoms with Gasteiger partial charge in [0, 0.05) is 18.0 Å². The van der Waals surface area contributed by atoms with Gasteiger partial charge in [-0.1, -0.05) is 6.07 Å². The number of benzene rings is 1. The highest BCUT2D eigenvalue weighted by molar-refractivity contribution is 6.07. The number of aromatic nitrogens is 2. The van der Waals surface area contributed by atoms with Gasteiger partial charge in [-0.05, 0) is 31.2 Å². The summed E-state index contributed by atoms with van der Waals surface area (Å²) in [5.74, 6) is 1.85. The van der Waals surface area contributed by atoms with E-state index < -0.39 is 0 Å². The number of rotatable bonds is 2. The van der Waals surface area contributed by atoms with Crippen LogP contribution in [0.1, 0.15) is 16.3 Å². The van der Waals surface area contributed by atoms with Crippen molar-refractivity contribution in [2.24, 2.45) is 0 Å². The molecule has 1 N–H and O–H groups in total. The number of fused-ring (bicyclic) bond motifs is 2. The Morgan fingerprint density at radius 1 is 1.17 bits per heavy atom. The van der Waals surface area contributed by atoms with Gasteiger partial charge in [-0.2, -0.15) is 0 Å². The zero-order chi connectivity index (χ0) is 15.8. The molecule has 1 aliphatic rings. The maximum atomic E-state index is 12.6. The topological polar surface area (TPSA) is 64.9 Å². The first kappa shape index (κ1) is 13.6. The van der Waals surface area contributed by atoms with Crippen LogP contribution in [-0.4, -0.2) is 28.5 Å². The molecule has 1 aliphatic heterocycles. The van der Waals surface area contributed by atoms with Crippen molar-refractivity contribution in [3.63, 3.8) is 0 Å². The van der Waals surface area contributed by atoms with E-state index in [1.54, 1.807) is 18.2 Å². The Hall–Kier alpha value is -3.02. The Bertz CT molecular complexity index is 901. The number of pyridine rings is 1. The van der Waals surface area contributed by atoms with Crippen molar-refractivity contribution in [2.45, 2.75) is 6.92 Å². The number of carbonyl (C=O) groups is 1. The molecule has 0 aliphatic carbocycles. The fourth-order valence-corrected chi connectivity index (χ4v) is 2.67. The van der Waals surface area contributed by atoms with Crippen LogP contribution in [0.4, 0.5) is 5.69 Å². The highest BCUT2D eigenvalue weighted by atomic mass is 16.6. The molecule has 1 aromatic carbocycles. The second-order valence-electron chi connectivity index (χ2n) is 5.28. The third-order valence-corrected chi connectivity index (χ3v) is 3.74. The predicted octanol–water partition coefficient (Wildman–Crippen LogP) is 2.67. The Labute approximate surface area is 132 Å². The van der Waals surface area contributed by atoms with Crippen molar-refractivity contribution < 1.29 is 14.3 Å². The molecular formula is C17H15N3O3. The average Bonchev–Trinajstić information content (AvgIpc) is 2.92. The lowest BCUT2D eigenvalue weighted by atomic mass is 10.2. The number of aryl methyl sites for hydroxylation is 1. The van der Waals surface area contributed by atoms with Gasteiger partial charge in [0.2, 0.25) is 0 Å². The average molecular weight is 309 g/mol. The molecule has 0 unspecified atom stereocenters. The number of hydrogen-bond donors (Lipinski definition) is 1. The number of nitrogens with one attached hydrogen (secondary N) is 1. The molecule has 6 heteroatoms. The monoisotopic (exact) mass is 309 g/mol. The molecule has 0 bridgehead atoms. The first-order chi connectivity index (χ1) is 11.2. The molecular weight excluding hydrogens is 294 g/mol. The Morgan fingerprint density at radius 3 is 2.87 bits per heavy atom. The molecule has 3 heterocycles. The standard InChI is InChI=1S/C17H15N3O3/c1-11-18-16(13-4-2-3-7-20(11)13)17(21)19-12-5-6-14-15(10-12)23-9-8-22-14/h2-7,10H,8-9H2,1H3,(H,19,21). The van der Waals surface area contributed by atoms with E-state index in [0.717, 1.165) is 11.3 Å². The third kappa shape index (κ3) is 2.38. The minimum atomic E-state index is -0.251. The first-order valence-electron chi connectivity index (χ1n) is 7.37. The molecule has 0 atom stereocenters. The van der Waals surface area contributed by atoms with Crippen LogP contribution in [0.25, 0.3) is 5.52 Å². The minimum absolute atomic E-state index is 0.251. The van der Waals surface area contributed by atoms with Crippen molar-refractivity contribution in [1.29, 1.82) is 0 Å². The normalized spacial score (nSPS) is 13.1. The van der Waals surface area contributed by atoms with E-state index in [-0.39, 0.29) is 5.91 Å². The van der Waals surface area contributed by atoms with E-state index in [1.165, 1.54) is 0 Å². The summed E-state index contributed by atoms with van der Waals surface area (Å²) in [7, 11) is 0. The third-order valence-electron chi connectivity index (χ3n) is 3.74. The van der Waals surface area contributed by atoms with Crippen molar-refractivity contribution in [2.75, 3.05) is 18.5 Å². The van der Waals surface area contributed by atoms with E-state index in [4.69, 9.17) is 9.47 Å². The maximum Gasteiger partial charge on any atom is 0.276 e. The number of anilines is 1. The smallest absolute Gasteiger partial charge is 0.276 e. The lowest BCUT2D eigenvalue weighted by molar-refractivity contribution is 0.102. The van der Waals surface area contributed by atoms with Crippen LogP contribution >= 0.6 is 0 Å². The lowest BCUT2D eigenvalue weighted by Gasteiger charge is -2.18. The van der Waals surface area contributed by atoms with Crippen LogP contribution in [-0.2, 0) is 0 Å². The van der Waals surface area contributed by atoms with Crippen LogP contribution in [0.3, 0.4) is 0 Å². The van der Waals surface area contributed by atoms with E-state index in [1.807, 2.05) is 35.7 Å². The molecule has 0 spiro atoms. The summed E-state index contributed by atoms with van der Waals surface area (Å²) in [6.45, 7) is 2.92. The van der Waals surface area contributed by atoms with E-state index >= 15 is 0 Å². The van der Waals surface area contributed by atoms with Crippen molar-refractivity contribution in [3.05, 3.63) is 54.1 Å².